The van der Waals surface area contributed by atoms with Crippen LogP contribution >= 0.6 is 23.2 Å². The Morgan fingerprint density at radius 1 is 1.12 bits per heavy atom. The largest absolute Gasteiger partial charge is 0.740 e. The average Bonchev–Trinajstić information content (AvgIpc) is 2.28. The zero-order valence-electron chi connectivity index (χ0n) is 8.60. The molecule has 0 saturated heterocycles. The van der Waals surface area contributed by atoms with Gasteiger partial charge in [-0.15, -0.1) is 0 Å². The highest BCUT2D eigenvalue weighted by atomic mass is 35.5. The fourth-order valence-corrected chi connectivity index (χ4v) is 1.90. The Labute approximate surface area is 115 Å². The van der Waals surface area contributed by atoms with Gasteiger partial charge in [0.15, 0.2) is 0 Å². The molecule has 86 valence electrons. The first kappa shape index (κ1) is 12.3. The molecule has 5 heteroatoms. The van der Waals surface area contributed by atoms with E-state index in [4.69, 9.17) is 35.8 Å². The van der Waals surface area contributed by atoms with Crippen molar-refractivity contribution in [1.82, 2.24) is 9.97 Å². The van der Waals surface area contributed by atoms with E-state index in [2.05, 4.69) is 9.97 Å². The zero-order valence-corrected chi connectivity index (χ0v) is 10.9. The second-order valence-corrected chi connectivity index (χ2v) is 4.47. The summed E-state index contributed by atoms with van der Waals surface area (Å²) in [5.41, 5.74) is 1.62. The number of halogens is 2. The smallest absolute Gasteiger partial charge is 0.0645 e. The summed E-state index contributed by atoms with van der Waals surface area (Å²) in [6.45, 7) is 0. The normalized spacial score (nSPS) is 10.9. The van der Waals surface area contributed by atoms with Crippen LogP contribution in [0.1, 0.15) is 11.3 Å². The third-order valence-corrected chi connectivity index (χ3v) is 2.81. The highest BCUT2D eigenvalue weighted by Gasteiger charge is 1.97. The molecule has 1 aromatic heterocycles. The molecule has 0 fully saturated rings. The third-order valence-electron chi connectivity index (χ3n) is 2.05. The molecule has 0 spiro atoms. The van der Waals surface area contributed by atoms with Crippen LogP contribution in [-0.4, -0.2) is 9.97 Å². The molecular weight excluding hydrogens is 275 g/mol. The van der Waals surface area contributed by atoms with Crippen LogP contribution in [0.3, 0.4) is 0 Å². The summed E-state index contributed by atoms with van der Waals surface area (Å²) in [6, 6.07) is 7.10. The lowest BCUT2D eigenvalue weighted by Gasteiger charge is -2.02. The van der Waals surface area contributed by atoms with Crippen molar-refractivity contribution >= 4 is 48.0 Å². The maximum Gasteiger partial charge on any atom is 0.0645 e. The first-order chi connectivity index (χ1) is 8.15. The Kier molecular flexibility index (Phi) is 3.94. The summed E-state index contributed by atoms with van der Waals surface area (Å²) in [5.74, 6) is 0. The van der Waals surface area contributed by atoms with Crippen LogP contribution < -0.4 is 0 Å². The summed E-state index contributed by atoms with van der Waals surface area (Å²) in [5, 5.41) is 1.54. The van der Waals surface area contributed by atoms with Crippen molar-refractivity contribution in [3.8, 4) is 0 Å². The van der Waals surface area contributed by atoms with Crippen LogP contribution in [0.5, 0.6) is 0 Å². The molecule has 0 atom stereocenters. The van der Waals surface area contributed by atoms with Gasteiger partial charge in [0, 0.05) is 21.4 Å². The van der Waals surface area contributed by atoms with E-state index in [1.54, 1.807) is 24.4 Å². The molecule has 0 aliphatic rings. The van der Waals surface area contributed by atoms with Crippen molar-refractivity contribution in [2.45, 2.75) is 5.16 Å². The minimum atomic E-state index is 0.328. The number of rotatable bonds is 2. The Hall–Kier alpha value is -1.16. The molecule has 0 aliphatic carbocycles. The molecule has 2 nitrogen and oxygen atoms in total. The van der Waals surface area contributed by atoms with Crippen LogP contribution in [0.4, 0.5) is 0 Å². The molecule has 17 heavy (non-hydrogen) atoms. The van der Waals surface area contributed by atoms with E-state index in [0.717, 1.165) is 11.3 Å². The zero-order chi connectivity index (χ0) is 12.3. The second-order valence-electron chi connectivity index (χ2n) is 3.26. The summed E-state index contributed by atoms with van der Waals surface area (Å²) < 4.78 is 0. The Morgan fingerprint density at radius 2 is 1.94 bits per heavy atom. The number of hydrogen-bond acceptors (Lipinski definition) is 3. The molecule has 2 rings (SSSR count). The molecule has 0 saturated carbocycles. The molecule has 0 amide bonds. The molecule has 0 aliphatic heterocycles. The van der Waals surface area contributed by atoms with Gasteiger partial charge in [-0.05, 0) is 29.8 Å². The lowest BCUT2D eigenvalue weighted by molar-refractivity contribution is 0.964. The van der Waals surface area contributed by atoms with Crippen molar-refractivity contribution < 1.29 is 0 Å². The molecule has 2 aromatic rings. The lowest BCUT2D eigenvalue weighted by atomic mass is 10.2. The number of nitrogens with zero attached hydrogens (tertiary/aromatic N) is 2. The van der Waals surface area contributed by atoms with Gasteiger partial charge in [-0.3, -0.25) is 9.97 Å². The van der Waals surface area contributed by atoms with E-state index in [1.807, 2.05) is 18.2 Å². The van der Waals surface area contributed by atoms with Gasteiger partial charge < -0.3 is 12.6 Å². The molecule has 1 heterocycles. The van der Waals surface area contributed by atoms with Crippen molar-refractivity contribution in [1.29, 1.82) is 0 Å². The number of hydrogen-bond donors (Lipinski definition) is 0. The van der Waals surface area contributed by atoms with Gasteiger partial charge in [0.25, 0.3) is 0 Å². The van der Waals surface area contributed by atoms with E-state index in [-0.39, 0.29) is 0 Å². The lowest BCUT2D eigenvalue weighted by Crippen LogP contribution is -1.87. The van der Waals surface area contributed by atoms with Crippen molar-refractivity contribution in [3.63, 3.8) is 0 Å². The predicted octanol–water partition coefficient (Wildman–Crippen LogP) is 3.86. The molecule has 0 bridgehead atoms. The molecule has 0 radical (unpaired) electrons. The molecule has 0 N–H and O–H groups in total. The van der Waals surface area contributed by atoms with E-state index in [0.29, 0.717) is 15.2 Å². The molecule has 1 aromatic carbocycles. The third kappa shape index (κ3) is 3.40. The topological polar surface area (TPSA) is 25.8 Å². The van der Waals surface area contributed by atoms with Crippen molar-refractivity contribution in [2.24, 2.45) is 0 Å². The maximum absolute atomic E-state index is 6.04. The van der Waals surface area contributed by atoms with E-state index in [1.165, 1.54) is 0 Å². The van der Waals surface area contributed by atoms with Gasteiger partial charge in [-0.2, -0.15) is 0 Å². The molecule has 0 unspecified atom stereocenters. The van der Waals surface area contributed by atoms with E-state index in [9.17, 15) is 0 Å². The first-order valence-corrected chi connectivity index (χ1v) is 5.95. The van der Waals surface area contributed by atoms with Gasteiger partial charge in [0.05, 0.1) is 5.69 Å². The van der Waals surface area contributed by atoms with Gasteiger partial charge >= 0.3 is 0 Å². The van der Waals surface area contributed by atoms with Crippen molar-refractivity contribution in [2.75, 3.05) is 0 Å². The standard InChI is InChI=1S/C12H8Cl2N2S/c13-9-3-1-8(11(14)7-9)2-4-10-5-6-15-12(17)16-10/h1-7H,(H,15,16,17)/p-1/b4-2+. The maximum atomic E-state index is 6.04. The molecular formula is C12H7Cl2N2S-. The van der Waals surface area contributed by atoms with Crippen LogP contribution in [-0.2, 0) is 12.6 Å². The summed E-state index contributed by atoms with van der Waals surface area (Å²) in [7, 11) is 0. The Bertz CT molecular complexity index is 570. The van der Waals surface area contributed by atoms with E-state index >= 15 is 0 Å². The highest BCUT2D eigenvalue weighted by molar-refractivity contribution is 7.58. The summed E-state index contributed by atoms with van der Waals surface area (Å²) in [4.78, 5) is 7.93. The second kappa shape index (κ2) is 5.45. The van der Waals surface area contributed by atoms with Crippen LogP contribution in [0, 0.1) is 0 Å². The van der Waals surface area contributed by atoms with Crippen LogP contribution in [0.15, 0.2) is 35.6 Å². The number of aromatic nitrogens is 2. The van der Waals surface area contributed by atoms with Gasteiger partial charge in [-0.25, -0.2) is 0 Å². The highest BCUT2D eigenvalue weighted by Crippen LogP contribution is 2.22. The first-order valence-electron chi connectivity index (χ1n) is 4.78. The van der Waals surface area contributed by atoms with Crippen molar-refractivity contribution in [3.05, 3.63) is 51.8 Å². The van der Waals surface area contributed by atoms with Gasteiger partial charge in [-0.1, -0.05) is 35.3 Å². The fourth-order valence-electron chi connectivity index (χ4n) is 1.26. The monoisotopic (exact) mass is 281 g/mol. The summed E-state index contributed by atoms with van der Waals surface area (Å²) >= 11 is 16.7. The van der Waals surface area contributed by atoms with Gasteiger partial charge in [0.2, 0.25) is 0 Å². The fraction of sp³-hybridized carbons (Fsp3) is 0. The average molecular weight is 282 g/mol. The minimum Gasteiger partial charge on any atom is -0.740 e. The van der Waals surface area contributed by atoms with Crippen LogP contribution in [0.2, 0.25) is 10.0 Å². The Morgan fingerprint density at radius 3 is 2.65 bits per heavy atom. The predicted molar refractivity (Wildman–Crippen MR) is 73.1 cm³/mol. The minimum absolute atomic E-state index is 0.328. The number of benzene rings is 1. The Balaban J connectivity index is 2.26. The van der Waals surface area contributed by atoms with E-state index < -0.39 is 0 Å². The quantitative estimate of drug-likeness (QED) is 0.618. The van der Waals surface area contributed by atoms with Gasteiger partial charge in [0.1, 0.15) is 0 Å². The summed E-state index contributed by atoms with van der Waals surface area (Å²) in [6.07, 6.45) is 5.31. The SMILES string of the molecule is [S-]c1nccc(/C=C/c2ccc(Cl)cc2Cl)n1. The van der Waals surface area contributed by atoms with Crippen LogP contribution in [0.25, 0.3) is 12.2 Å².